The molecule has 5 fully saturated rings. The Hall–Kier alpha value is -1.53. The lowest BCUT2D eigenvalue weighted by molar-refractivity contribution is -0.383. The Morgan fingerprint density at radius 1 is 0.441 bits per heavy atom. The minimum Gasteiger partial charge on any atom is -0.394 e. The van der Waals surface area contributed by atoms with Gasteiger partial charge in [0.1, 0.15) is 122 Å². The van der Waals surface area contributed by atoms with Gasteiger partial charge in [0.15, 0.2) is 31.5 Å². The first-order chi connectivity index (χ1) is 27.9. The molecule has 0 saturated carbocycles. The van der Waals surface area contributed by atoms with E-state index in [9.17, 15) is 86.5 Å². The van der Waals surface area contributed by atoms with Crippen LogP contribution in [0.25, 0.3) is 0 Å². The maximum Gasteiger partial charge on any atom is 0.217 e. The molecule has 0 aromatic rings. The van der Waals surface area contributed by atoms with Crippen LogP contribution in [0.3, 0.4) is 0 Å². The number of hydrogen-bond donors (Lipinski definition) is 17. The summed E-state index contributed by atoms with van der Waals surface area (Å²) < 4.78 is 50.4. The minimum atomic E-state index is -2.13. The zero-order valence-electron chi connectivity index (χ0n) is 31.2. The van der Waals surface area contributed by atoms with E-state index in [4.69, 9.17) is 42.6 Å². The van der Waals surface area contributed by atoms with Gasteiger partial charge in [0.2, 0.25) is 5.91 Å². The number of hydrogen-bond acceptors (Lipinski definition) is 26. The lowest BCUT2D eigenvalue weighted by atomic mass is 9.94. The Kier molecular flexibility index (Phi) is 17.1. The van der Waals surface area contributed by atoms with E-state index in [0.29, 0.717) is 0 Å². The van der Waals surface area contributed by atoms with E-state index in [0.717, 1.165) is 6.92 Å². The Balaban J connectivity index is 1.44. The van der Waals surface area contributed by atoms with Crippen LogP contribution in [-0.4, -0.2) is 274 Å². The minimum absolute atomic E-state index is 0.835. The summed E-state index contributed by atoms with van der Waals surface area (Å²) in [6.45, 7) is -3.41. The molecule has 1 amide bonds. The second-order valence-electron chi connectivity index (χ2n) is 14.7. The number of aliphatic hydroxyl groups excluding tert-OH is 16. The highest BCUT2D eigenvalue weighted by Crippen LogP contribution is 2.35. The zero-order valence-corrected chi connectivity index (χ0v) is 31.2. The van der Waals surface area contributed by atoms with Crippen molar-refractivity contribution in [2.24, 2.45) is 0 Å². The van der Waals surface area contributed by atoms with Gasteiger partial charge in [-0.3, -0.25) is 4.79 Å². The van der Waals surface area contributed by atoms with Gasteiger partial charge in [-0.1, -0.05) is 0 Å². The molecule has 0 bridgehead atoms. The molecule has 0 aromatic heterocycles. The molecule has 25 atom stereocenters. The predicted molar refractivity (Wildman–Crippen MR) is 178 cm³/mol. The standard InChI is InChI=1S/C32H55NO26/c1-7(38)33-13-17(42)26(58-31-23(48)19(44)15(40)9(3-35)54-31)12(6-51-30-22(47)18(43)14(39)8(2-34)53-30)56-29(13)59-27-16(41)10(4-36)55-32(24(27)49)57-25-11(5-37)52-28(50)21(46)20(25)45/h8-32,34-37,39-50H,2-6H2,1H3,(H,33,38)/t8-,9-,10-,11-,12-,13-,14-,15+,16+,17-,18+,19+,20-,21-,22-,23-,24-,25-,26-,27+,28+,29+,30-,31+,32+/m1/s1. The van der Waals surface area contributed by atoms with E-state index < -0.39 is 192 Å². The molecule has 0 aliphatic carbocycles. The molecule has 0 aromatic carbocycles. The molecular weight excluding hydrogens is 814 g/mol. The molecule has 5 rings (SSSR count). The van der Waals surface area contributed by atoms with Crippen LogP contribution in [0.4, 0.5) is 0 Å². The van der Waals surface area contributed by atoms with E-state index in [-0.39, 0.29) is 0 Å². The van der Waals surface area contributed by atoms with Gasteiger partial charge in [-0.25, -0.2) is 0 Å². The monoisotopic (exact) mass is 869 g/mol. The van der Waals surface area contributed by atoms with Crippen LogP contribution >= 0.6 is 0 Å². The molecule has 5 aliphatic rings. The highest BCUT2D eigenvalue weighted by molar-refractivity contribution is 5.73. The summed E-state index contributed by atoms with van der Waals surface area (Å²) in [6.07, 6.45) is -44.5. The van der Waals surface area contributed by atoms with Crippen LogP contribution in [0.15, 0.2) is 0 Å². The third kappa shape index (κ3) is 10.3. The van der Waals surface area contributed by atoms with Crippen molar-refractivity contribution in [1.29, 1.82) is 0 Å². The molecule has 59 heavy (non-hydrogen) atoms. The molecular formula is C32H55NO26. The topological polar surface area (TPSA) is 436 Å². The molecule has 0 unspecified atom stereocenters. The summed E-state index contributed by atoms with van der Waals surface area (Å²) in [6, 6.07) is -1.76. The van der Waals surface area contributed by atoms with E-state index in [1.807, 2.05) is 0 Å². The number of carbonyl (C=O) groups excluding carboxylic acids is 1. The maximum absolute atomic E-state index is 12.5. The van der Waals surface area contributed by atoms with Gasteiger partial charge in [0, 0.05) is 6.92 Å². The highest BCUT2D eigenvalue weighted by Gasteiger charge is 2.56. The fourth-order valence-electron chi connectivity index (χ4n) is 7.33. The fourth-order valence-corrected chi connectivity index (χ4v) is 7.33. The maximum atomic E-state index is 12.5. The molecule has 5 heterocycles. The fraction of sp³-hybridized carbons (Fsp3) is 0.969. The van der Waals surface area contributed by atoms with Gasteiger partial charge >= 0.3 is 0 Å². The van der Waals surface area contributed by atoms with Crippen molar-refractivity contribution in [3.8, 4) is 0 Å². The third-order valence-corrected chi connectivity index (χ3v) is 10.7. The molecule has 17 N–H and O–H groups in total. The predicted octanol–water partition coefficient (Wildman–Crippen LogP) is -11.8. The Bertz CT molecular complexity index is 1320. The van der Waals surface area contributed by atoms with E-state index >= 15 is 0 Å². The van der Waals surface area contributed by atoms with Gasteiger partial charge in [0.05, 0.1) is 33.0 Å². The van der Waals surface area contributed by atoms with Crippen LogP contribution in [0.1, 0.15) is 6.92 Å². The van der Waals surface area contributed by atoms with Gasteiger partial charge in [-0.05, 0) is 0 Å². The lowest BCUT2D eigenvalue weighted by Gasteiger charge is -2.50. The van der Waals surface area contributed by atoms with Crippen LogP contribution < -0.4 is 5.32 Å². The number of amides is 1. The van der Waals surface area contributed by atoms with Gasteiger partial charge in [-0.15, -0.1) is 0 Å². The Morgan fingerprint density at radius 3 is 1.41 bits per heavy atom. The molecule has 0 spiro atoms. The second kappa shape index (κ2) is 20.8. The SMILES string of the molecule is CC(=O)N[C@H]1[C@H](O[C@H]2[C@@H](O)[C@@H](CO)O[C@@H](O[C@H]3[C@H](O)[C@@H](O)[C@@H](O)O[C@@H]3CO)[C@@H]2O)O[C@H](CO[C@@H]2O[C@H](CO)[C@@H](O)[C@H](O)[C@H]2O)[C@@H](O[C@@H]2O[C@H](CO)[C@H](O)[C@H](O)[C@H]2O)[C@@H]1O. The van der Waals surface area contributed by atoms with Crippen molar-refractivity contribution in [1.82, 2.24) is 5.32 Å². The second-order valence-corrected chi connectivity index (χ2v) is 14.7. The Morgan fingerprint density at radius 2 is 0.881 bits per heavy atom. The molecule has 5 saturated heterocycles. The first kappa shape index (κ1) is 48.5. The normalized spacial score (nSPS) is 51.0. The van der Waals surface area contributed by atoms with Crippen molar-refractivity contribution in [3.05, 3.63) is 0 Å². The molecule has 27 heteroatoms. The molecule has 0 radical (unpaired) electrons. The number of nitrogens with one attached hydrogen (secondary N) is 1. The van der Waals surface area contributed by atoms with E-state index in [2.05, 4.69) is 5.32 Å². The first-order valence-electron chi connectivity index (χ1n) is 18.6. The number of ether oxygens (including phenoxy) is 9. The van der Waals surface area contributed by atoms with Crippen molar-refractivity contribution in [3.63, 3.8) is 0 Å². The largest absolute Gasteiger partial charge is 0.394 e. The highest BCUT2D eigenvalue weighted by atomic mass is 16.8. The van der Waals surface area contributed by atoms with Crippen molar-refractivity contribution in [2.75, 3.05) is 33.0 Å². The number of carbonyl (C=O) groups is 1. The van der Waals surface area contributed by atoms with Gasteiger partial charge in [0.25, 0.3) is 0 Å². The average Bonchev–Trinajstić information content (AvgIpc) is 3.21. The summed E-state index contributed by atoms with van der Waals surface area (Å²) in [7, 11) is 0. The summed E-state index contributed by atoms with van der Waals surface area (Å²) in [5.41, 5.74) is 0. The van der Waals surface area contributed by atoms with E-state index in [1.54, 1.807) is 0 Å². The Labute approximate surface area is 333 Å². The van der Waals surface area contributed by atoms with Crippen LogP contribution in [0, 0.1) is 0 Å². The summed E-state index contributed by atoms with van der Waals surface area (Å²) in [5.74, 6) is -0.835. The molecule has 5 aliphatic heterocycles. The number of aliphatic hydroxyl groups is 16. The van der Waals surface area contributed by atoms with Crippen molar-refractivity contribution < 1.29 is 129 Å². The molecule has 27 nitrogen and oxygen atoms in total. The summed E-state index contributed by atoms with van der Waals surface area (Å²) >= 11 is 0. The lowest BCUT2D eigenvalue weighted by Crippen LogP contribution is -2.70. The first-order valence-corrected chi connectivity index (χ1v) is 18.6. The summed E-state index contributed by atoms with van der Waals surface area (Å²) in [4.78, 5) is 12.5. The number of rotatable bonds is 14. The van der Waals surface area contributed by atoms with Gasteiger partial charge < -0.3 is 130 Å². The van der Waals surface area contributed by atoms with Crippen molar-refractivity contribution in [2.45, 2.75) is 160 Å². The van der Waals surface area contributed by atoms with Crippen LogP contribution in [0.5, 0.6) is 0 Å². The smallest absolute Gasteiger partial charge is 0.217 e. The van der Waals surface area contributed by atoms with Crippen LogP contribution in [-0.2, 0) is 47.4 Å². The van der Waals surface area contributed by atoms with Gasteiger partial charge in [-0.2, -0.15) is 0 Å². The van der Waals surface area contributed by atoms with E-state index in [1.165, 1.54) is 0 Å². The summed E-state index contributed by atoms with van der Waals surface area (Å²) in [5, 5.41) is 169. The molecule has 344 valence electrons. The van der Waals surface area contributed by atoms with Crippen LogP contribution in [0.2, 0.25) is 0 Å². The average molecular weight is 870 g/mol. The quantitative estimate of drug-likeness (QED) is 0.0770. The third-order valence-electron chi connectivity index (χ3n) is 10.7. The zero-order chi connectivity index (χ0) is 43.6. The van der Waals surface area contributed by atoms with Crippen molar-refractivity contribution >= 4 is 5.91 Å².